The first-order valence-corrected chi connectivity index (χ1v) is 6.49. The van der Waals surface area contributed by atoms with Crippen LogP contribution in [0.3, 0.4) is 0 Å². The van der Waals surface area contributed by atoms with Gasteiger partial charge in [-0.25, -0.2) is 4.39 Å². The summed E-state index contributed by atoms with van der Waals surface area (Å²) in [5, 5.41) is 9.86. The molecule has 0 amide bonds. The van der Waals surface area contributed by atoms with Gasteiger partial charge in [0.05, 0.1) is 12.1 Å². The number of carboxylic acids is 1. The maximum absolute atomic E-state index is 13.1. The summed E-state index contributed by atoms with van der Waals surface area (Å²) in [6.07, 6.45) is 3.15. The van der Waals surface area contributed by atoms with E-state index in [1.807, 2.05) is 6.07 Å². The molecule has 3 nitrogen and oxygen atoms in total. The zero-order valence-electron chi connectivity index (χ0n) is 10.6. The second kappa shape index (κ2) is 6.48. The average Bonchev–Trinajstić information content (AvgIpc) is 2.38. The predicted octanol–water partition coefficient (Wildman–Crippen LogP) is 3.36. The highest BCUT2D eigenvalue weighted by Crippen LogP contribution is 2.18. The molecule has 5 heteroatoms. The third-order valence-electron chi connectivity index (χ3n) is 2.96. The van der Waals surface area contributed by atoms with E-state index in [4.69, 9.17) is 11.6 Å². The van der Waals surface area contributed by atoms with E-state index < -0.39 is 17.7 Å². The van der Waals surface area contributed by atoms with Crippen LogP contribution in [0.15, 0.2) is 42.7 Å². The highest BCUT2D eigenvalue weighted by molar-refractivity contribution is 6.30. The number of carbonyl (C=O) groups is 1. The maximum Gasteiger partial charge on any atom is 0.307 e. The number of rotatable bonds is 5. The van der Waals surface area contributed by atoms with Crippen molar-refractivity contribution in [2.45, 2.75) is 12.8 Å². The van der Waals surface area contributed by atoms with Gasteiger partial charge >= 0.3 is 5.97 Å². The lowest BCUT2D eigenvalue weighted by molar-refractivity contribution is -0.141. The monoisotopic (exact) mass is 293 g/mol. The minimum atomic E-state index is -0.922. The summed E-state index contributed by atoms with van der Waals surface area (Å²) in [4.78, 5) is 15.1. The summed E-state index contributed by atoms with van der Waals surface area (Å²) in [6, 6.07) is 8.38. The third-order valence-corrected chi connectivity index (χ3v) is 3.20. The molecule has 1 heterocycles. The van der Waals surface area contributed by atoms with E-state index in [0.29, 0.717) is 17.0 Å². The van der Waals surface area contributed by atoms with E-state index in [-0.39, 0.29) is 6.42 Å². The third kappa shape index (κ3) is 4.03. The molecule has 0 aliphatic carbocycles. The van der Waals surface area contributed by atoms with Gasteiger partial charge in [0.15, 0.2) is 0 Å². The number of hydrogen-bond donors (Lipinski definition) is 1. The topological polar surface area (TPSA) is 50.2 Å². The largest absolute Gasteiger partial charge is 0.481 e. The number of nitrogens with zero attached hydrogens (tertiary/aromatic N) is 1. The Labute approximate surface area is 121 Å². The van der Waals surface area contributed by atoms with Crippen LogP contribution in [0.1, 0.15) is 11.1 Å². The van der Waals surface area contributed by atoms with Gasteiger partial charge in [-0.15, -0.1) is 0 Å². The number of pyridine rings is 1. The first kappa shape index (κ1) is 14.5. The molecule has 0 aliphatic rings. The SMILES string of the molecule is O=C(O)C(Cc1cncc(F)c1)Cc1cccc(Cl)c1. The van der Waals surface area contributed by atoms with Gasteiger partial charge in [0.2, 0.25) is 0 Å². The van der Waals surface area contributed by atoms with Gasteiger partial charge < -0.3 is 5.11 Å². The summed E-state index contributed by atoms with van der Waals surface area (Å²) in [7, 11) is 0. The van der Waals surface area contributed by atoms with Crippen LogP contribution >= 0.6 is 11.6 Å². The smallest absolute Gasteiger partial charge is 0.307 e. The van der Waals surface area contributed by atoms with E-state index in [2.05, 4.69) is 4.98 Å². The molecule has 0 fully saturated rings. The Kier molecular flexibility index (Phi) is 4.69. The van der Waals surface area contributed by atoms with E-state index in [9.17, 15) is 14.3 Å². The van der Waals surface area contributed by atoms with Crippen LogP contribution < -0.4 is 0 Å². The molecule has 0 aliphatic heterocycles. The lowest BCUT2D eigenvalue weighted by Crippen LogP contribution is -2.19. The van der Waals surface area contributed by atoms with Crippen molar-refractivity contribution < 1.29 is 14.3 Å². The van der Waals surface area contributed by atoms with Gasteiger partial charge in [0.1, 0.15) is 5.82 Å². The molecule has 0 radical (unpaired) electrons. The number of hydrogen-bond acceptors (Lipinski definition) is 2. The van der Waals surface area contributed by atoms with Crippen molar-refractivity contribution in [2.24, 2.45) is 5.92 Å². The minimum Gasteiger partial charge on any atom is -0.481 e. The van der Waals surface area contributed by atoms with E-state index in [1.54, 1.807) is 18.2 Å². The number of carboxylic acid groups (broad SMARTS) is 1. The fourth-order valence-corrected chi connectivity index (χ4v) is 2.26. The van der Waals surface area contributed by atoms with Crippen LogP contribution in [0.5, 0.6) is 0 Å². The lowest BCUT2D eigenvalue weighted by Gasteiger charge is -2.12. The molecular weight excluding hydrogens is 281 g/mol. The van der Waals surface area contributed by atoms with Crippen LogP contribution in [0, 0.1) is 11.7 Å². The van der Waals surface area contributed by atoms with Crippen molar-refractivity contribution in [1.82, 2.24) is 4.98 Å². The van der Waals surface area contributed by atoms with Crippen molar-refractivity contribution in [3.8, 4) is 0 Å². The summed E-state index contributed by atoms with van der Waals surface area (Å²) < 4.78 is 13.1. The molecule has 2 rings (SSSR count). The normalized spacial score (nSPS) is 12.1. The Morgan fingerprint density at radius 3 is 2.65 bits per heavy atom. The second-order valence-corrected chi connectivity index (χ2v) is 5.02. The molecular formula is C15H13ClFNO2. The number of aromatic nitrogens is 1. The van der Waals surface area contributed by atoms with Crippen LogP contribution in [0.2, 0.25) is 5.02 Å². The van der Waals surface area contributed by atoms with Gasteiger partial charge in [0, 0.05) is 11.2 Å². The van der Waals surface area contributed by atoms with Crippen molar-refractivity contribution in [3.05, 3.63) is 64.7 Å². The van der Waals surface area contributed by atoms with Crippen molar-refractivity contribution >= 4 is 17.6 Å². The second-order valence-electron chi connectivity index (χ2n) is 4.58. The molecule has 1 unspecified atom stereocenters. The van der Waals surface area contributed by atoms with Gasteiger partial charge in [-0.05, 0) is 42.2 Å². The van der Waals surface area contributed by atoms with Crippen LogP contribution in [-0.2, 0) is 17.6 Å². The summed E-state index contributed by atoms with van der Waals surface area (Å²) in [6.45, 7) is 0. The summed E-state index contributed by atoms with van der Waals surface area (Å²) >= 11 is 5.88. The number of aliphatic carboxylic acids is 1. The highest BCUT2D eigenvalue weighted by atomic mass is 35.5. The Bertz CT molecular complexity index is 571. The van der Waals surface area contributed by atoms with Crippen LogP contribution in [0.4, 0.5) is 4.39 Å². The Morgan fingerprint density at radius 2 is 2.00 bits per heavy atom. The molecule has 0 spiro atoms. The summed E-state index contributed by atoms with van der Waals surface area (Å²) in [5.74, 6) is -2.03. The first-order chi connectivity index (χ1) is 9.54. The van der Waals surface area contributed by atoms with E-state index >= 15 is 0 Å². The van der Waals surface area contributed by atoms with Crippen molar-refractivity contribution in [2.75, 3.05) is 0 Å². The molecule has 1 aromatic heterocycles. The Balaban J connectivity index is 2.13. The van der Waals surface area contributed by atoms with E-state index in [0.717, 1.165) is 11.8 Å². The standard InChI is InChI=1S/C15H13ClFNO2/c16-13-3-1-2-10(6-13)4-12(15(19)20)5-11-7-14(17)9-18-8-11/h1-3,6-9,12H,4-5H2,(H,19,20). The summed E-state index contributed by atoms with van der Waals surface area (Å²) in [5.41, 5.74) is 1.41. The van der Waals surface area contributed by atoms with E-state index in [1.165, 1.54) is 12.3 Å². The quantitative estimate of drug-likeness (QED) is 0.919. The minimum absolute atomic E-state index is 0.229. The average molecular weight is 294 g/mol. The molecule has 2 aromatic rings. The van der Waals surface area contributed by atoms with Gasteiger partial charge in [-0.2, -0.15) is 0 Å². The van der Waals surface area contributed by atoms with Crippen molar-refractivity contribution in [1.29, 1.82) is 0 Å². The number of halogens is 2. The molecule has 0 saturated heterocycles. The predicted molar refractivity (Wildman–Crippen MR) is 74.2 cm³/mol. The highest BCUT2D eigenvalue weighted by Gasteiger charge is 2.19. The molecule has 1 atom stereocenters. The Hall–Kier alpha value is -1.94. The van der Waals surface area contributed by atoms with Gasteiger partial charge in [-0.3, -0.25) is 9.78 Å². The molecule has 20 heavy (non-hydrogen) atoms. The first-order valence-electron chi connectivity index (χ1n) is 6.11. The molecule has 1 N–H and O–H groups in total. The fraction of sp³-hybridized carbons (Fsp3) is 0.200. The van der Waals surface area contributed by atoms with Crippen LogP contribution in [-0.4, -0.2) is 16.1 Å². The fourth-order valence-electron chi connectivity index (χ4n) is 2.05. The van der Waals surface area contributed by atoms with Gasteiger partial charge in [0.25, 0.3) is 0 Å². The molecule has 104 valence electrons. The Morgan fingerprint density at radius 1 is 1.25 bits per heavy atom. The zero-order valence-corrected chi connectivity index (χ0v) is 11.3. The molecule has 0 saturated carbocycles. The van der Waals surface area contributed by atoms with Crippen LogP contribution in [0.25, 0.3) is 0 Å². The lowest BCUT2D eigenvalue weighted by atomic mass is 9.93. The number of benzene rings is 1. The maximum atomic E-state index is 13.1. The zero-order chi connectivity index (χ0) is 14.5. The van der Waals surface area contributed by atoms with Crippen molar-refractivity contribution in [3.63, 3.8) is 0 Å². The molecule has 1 aromatic carbocycles. The van der Waals surface area contributed by atoms with Gasteiger partial charge in [-0.1, -0.05) is 23.7 Å². The molecule has 0 bridgehead atoms.